The largest absolute Gasteiger partial charge is 0.496 e. The van der Waals surface area contributed by atoms with Crippen LogP contribution in [0, 0.1) is 5.92 Å². The number of benzene rings is 2. The number of nitrogens with one attached hydrogen (secondary N) is 2. The number of pyridine rings is 2. The Morgan fingerprint density at radius 2 is 1.80 bits per heavy atom. The van der Waals surface area contributed by atoms with Gasteiger partial charge in [-0.05, 0) is 41.1 Å². The van der Waals surface area contributed by atoms with Gasteiger partial charge in [0.2, 0.25) is 11.8 Å². The Bertz CT molecular complexity index is 2060. The minimum absolute atomic E-state index is 0.0606. The first kappa shape index (κ1) is 32.3. The second-order valence-electron chi connectivity index (χ2n) is 12.6. The third-order valence-electron chi connectivity index (χ3n) is 9.77. The van der Waals surface area contributed by atoms with E-state index in [4.69, 9.17) is 9.47 Å². The fraction of sp³-hybridized carbons (Fsp3) is 0.333. The van der Waals surface area contributed by atoms with Gasteiger partial charge < -0.3 is 19.4 Å². The van der Waals surface area contributed by atoms with E-state index in [0.717, 1.165) is 21.4 Å². The van der Waals surface area contributed by atoms with Crippen molar-refractivity contribution in [2.45, 2.75) is 37.7 Å². The van der Waals surface area contributed by atoms with Crippen molar-refractivity contribution in [3.63, 3.8) is 0 Å². The summed E-state index contributed by atoms with van der Waals surface area (Å²) in [6.07, 6.45) is 5.01. The molecule has 0 aliphatic carbocycles. The van der Waals surface area contributed by atoms with Gasteiger partial charge in [-0.1, -0.05) is 30.3 Å². The summed E-state index contributed by atoms with van der Waals surface area (Å²) in [6.45, 7) is 1.51. The van der Waals surface area contributed by atoms with E-state index in [2.05, 4.69) is 20.5 Å². The first-order valence-electron chi connectivity index (χ1n) is 16.1. The molecule has 0 saturated carbocycles. The molecule has 5 heterocycles. The Labute approximate surface area is 281 Å². The standard InChI is InChI=1S/C36H36N6O7/c1-40-19-26(22-13-14-37-17-25(22)33(40)45)31(23-8-4-5-10-28(23)48-2)41-18-21(36(41)49-3)16-38-15-20-7-6-9-24-30(20)35(47)42(34(24)46)27-11-12-29(43)39-32(27)44/h4-10,13-14,17,19,21,27,31,36,38H,11-12,15-16,18H2,1-3H3,(H,39,43,44). The topological polar surface area (TPSA) is 152 Å². The van der Waals surface area contributed by atoms with Crippen molar-refractivity contribution >= 4 is 34.4 Å². The fourth-order valence-corrected chi connectivity index (χ4v) is 7.45. The average Bonchev–Trinajstić information content (AvgIpc) is 3.35. The van der Waals surface area contributed by atoms with Crippen LogP contribution in [0.25, 0.3) is 10.8 Å². The van der Waals surface area contributed by atoms with Crippen molar-refractivity contribution in [3.05, 3.63) is 105 Å². The molecule has 3 aliphatic rings. The minimum atomic E-state index is -1.02. The van der Waals surface area contributed by atoms with Crippen LogP contribution in [0.1, 0.15) is 56.3 Å². The molecule has 252 valence electrons. The predicted octanol–water partition coefficient (Wildman–Crippen LogP) is 2.13. The van der Waals surface area contributed by atoms with Crippen LogP contribution in [0.2, 0.25) is 0 Å². The lowest BCUT2D eigenvalue weighted by Gasteiger charge is -2.51. The van der Waals surface area contributed by atoms with E-state index in [9.17, 15) is 24.0 Å². The smallest absolute Gasteiger partial charge is 0.262 e. The number of carbonyl (C=O) groups excluding carboxylic acids is 4. The number of methoxy groups -OCH3 is 2. The molecule has 2 aromatic heterocycles. The highest BCUT2D eigenvalue weighted by molar-refractivity contribution is 6.24. The Kier molecular flexibility index (Phi) is 8.57. The Hall–Kier alpha value is -5.24. The van der Waals surface area contributed by atoms with E-state index in [1.54, 1.807) is 56.4 Å². The fourth-order valence-electron chi connectivity index (χ4n) is 7.45. The summed E-state index contributed by atoms with van der Waals surface area (Å²) in [5.74, 6) is -1.34. The highest BCUT2D eigenvalue weighted by atomic mass is 16.5. The number of para-hydroxylation sites is 1. The summed E-state index contributed by atoms with van der Waals surface area (Å²) in [4.78, 5) is 71.5. The molecule has 0 radical (unpaired) electrons. The molecule has 2 fully saturated rings. The van der Waals surface area contributed by atoms with Crippen LogP contribution in [0.15, 0.2) is 71.9 Å². The quantitative estimate of drug-likeness (QED) is 0.241. The number of fused-ring (bicyclic) bond motifs is 2. The molecule has 4 unspecified atom stereocenters. The van der Waals surface area contributed by atoms with Crippen LogP contribution >= 0.6 is 0 Å². The van der Waals surface area contributed by atoms with E-state index < -0.39 is 29.7 Å². The van der Waals surface area contributed by atoms with Crippen LogP contribution in [0.4, 0.5) is 0 Å². The number of aryl methyl sites for hydroxylation is 1. The van der Waals surface area contributed by atoms with Gasteiger partial charge in [-0.15, -0.1) is 0 Å². The maximum atomic E-state index is 13.5. The Morgan fingerprint density at radius 3 is 2.57 bits per heavy atom. The summed E-state index contributed by atoms with van der Waals surface area (Å²) < 4.78 is 13.5. The van der Waals surface area contributed by atoms with Crippen LogP contribution < -0.4 is 20.9 Å². The molecule has 3 aliphatic heterocycles. The number of hydrogen-bond acceptors (Lipinski definition) is 10. The minimum Gasteiger partial charge on any atom is -0.496 e. The number of ether oxygens (including phenoxy) is 2. The molecule has 4 atom stereocenters. The first-order valence-corrected chi connectivity index (χ1v) is 16.1. The van der Waals surface area contributed by atoms with Crippen molar-refractivity contribution in [3.8, 4) is 5.75 Å². The first-order chi connectivity index (χ1) is 23.7. The summed E-state index contributed by atoms with van der Waals surface area (Å²) >= 11 is 0. The van der Waals surface area contributed by atoms with Crippen molar-refractivity contribution < 1.29 is 28.7 Å². The van der Waals surface area contributed by atoms with Crippen molar-refractivity contribution in [2.75, 3.05) is 27.3 Å². The molecule has 13 nitrogen and oxygen atoms in total. The summed E-state index contributed by atoms with van der Waals surface area (Å²) in [6, 6.07) is 13.5. The zero-order chi connectivity index (χ0) is 34.4. The highest BCUT2D eigenvalue weighted by Crippen LogP contribution is 2.43. The number of likely N-dealkylation sites (tertiary alicyclic amines) is 1. The second-order valence-corrected chi connectivity index (χ2v) is 12.6. The highest BCUT2D eigenvalue weighted by Gasteiger charge is 2.47. The molecule has 7 rings (SSSR count). The number of carbonyl (C=O) groups is 4. The van der Waals surface area contributed by atoms with Gasteiger partial charge in [-0.3, -0.25) is 44.1 Å². The van der Waals surface area contributed by atoms with E-state index in [-0.39, 0.29) is 47.7 Å². The number of imide groups is 2. The molecular formula is C36H36N6O7. The molecule has 2 saturated heterocycles. The molecule has 4 amide bonds. The SMILES string of the molecule is COc1ccccc1C(c1cn(C)c(=O)c2cnccc12)N1CC(CNCc2cccc3c2C(=O)N(C2CCC(=O)NC2=O)C3=O)C1OC. The maximum absolute atomic E-state index is 13.5. The molecular weight excluding hydrogens is 628 g/mol. The van der Waals surface area contributed by atoms with E-state index in [0.29, 0.717) is 36.3 Å². The second kappa shape index (κ2) is 13.0. The molecule has 0 spiro atoms. The number of nitrogens with zero attached hydrogens (tertiary/aromatic N) is 4. The zero-order valence-electron chi connectivity index (χ0n) is 27.3. The van der Waals surface area contributed by atoms with E-state index >= 15 is 0 Å². The van der Waals surface area contributed by atoms with Gasteiger partial charge in [0.1, 0.15) is 18.0 Å². The monoisotopic (exact) mass is 664 g/mol. The van der Waals surface area contributed by atoms with Crippen LogP contribution in [0.3, 0.4) is 0 Å². The summed E-state index contributed by atoms with van der Waals surface area (Å²) in [5.41, 5.74) is 2.88. The molecule has 49 heavy (non-hydrogen) atoms. The third-order valence-corrected chi connectivity index (χ3v) is 9.77. The van der Waals surface area contributed by atoms with Gasteiger partial charge in [0.15, 0.2) is 0 Å². The van der Waals surface area contributed by atoms with Crippen LogP contribution in [0.5, 0.6) is 5.75 Å². The molecule has 2 N–H and O–H groups in total. The van der Waals surface area contributed by atoms with Gasteiger partial charge >= 0.3 is 0 Å². The maximum Gasteiger partial charge on any atom is 0.262 e. The third kappa shape index (κ3) is 5.49. The predicted molar refractivity (Wildman–Crippen MR) is 178 cm³/mol. The van der Waals surface area contributed by atoms with Gasteiger partial charge in [-0.25, -0.2) is 0 Å². The molecule has 13 heteroatoms. The number of amides is 4. The number of aromatic nitrogens is 2. The molecule has 0 bridgehead atoms. The lowest BCUT2D eigenvalue weighted by atomic mass is 9.87. The Balaban J connectivity index is 1.12. The number of piperidine rings is 1. The van der Waals surface area contributed by atoms with Gasteiger partial charge in [0.05, 0.1) is 29.7 Å². The van der Waals surface area contributed by atoms with Crippen LogP contribution in [-0.4, -0.2) is 82.6 Å². The van der Waals surface area contributed by atoms with Gasteiger partial charge in [-0.2, -0.15) is 0 Å². The number of rotatable bonds is 10. The van der Waals surface area contributed by atoms with E-state index in [1.165, 1.54) is 0 Å². The van der Waals surface area contributed by atoms with Crippen molar-refractivity contribution in [1.29, 1.82) is 0 Å². The lowest BCUT2D eigenvalue weighted by Crippen LogP contribution is -2.61. The average molecular weight is 665 g/mol. The van der Waals surface area contributed by atoms with Crippen LogP contribution in [-0.2, 0) is 27.9 Å². The lowest BCUT2D eigenvalue weighted by molar-refractivity contribution is -0.163. The normalized spacial score (nSPS) is 21.4. The van der Waals surface area contributed by atoms with Gasteiger partial charge in [0, 0.05) is 70.3 Å². The van der Waals surface area contributed by atoms with Gasteiger partial charge in [0.25, 0.3) is 17.4 Å². The van der Waals surface area contributed by atoms with E-state index in [1.807, 2.05) is 36.5 Å². The van der Waals surface area contributed by atoms with Crippen molar-refractivity contribution in [1.82, 2.24) is 30.0 Å². The van der Waals surface area contributed by atoms with Crippen molar-refractivity contribution in [2.24, 2.45) is 13.0 Å². The summed E-state index contributed by atoms with van der Waals surface area (Å²) in [5, 5.41) is 7.01. The zero-order valence-corrected chi connectivity index (χ0v) is 27.3. The summed E-state index contributed by atoms with van der Waals surface area (Å²) in [7, 11) is 5.04. The number of hydrogen-bond donors (Lipinski definition) is 2. The molecule has 4 aromatic rings. The molecule has 2 aromatic carbocycles. The Morgan fingerprint density at radius 1 is 0.980 bits per heavy atom.